The lowest BCUT2D eigenvalue weighted by atomic mass is 10.1. The highest BCUT2D eigenvalue weighted by molar-refractivity contribution is 5.95. The van der Waals surface area contributed by atoms with Gasteiger partial charge in [-0.3, -0.25) is 0 Å². The average molecular weight is 378 g/mol. The van der Waals surface area contributed by atoms with E-state index < -0.39 is 23.4 Å². The molecule has 0 aliphatic rings. The molecule has 1 aromatic carbocycles. The maximum absolute atomic E-state index is 12.8. The van der Waals surface area contributed by atoms with Crippen molar-refractivity contribution in [1.29, 1.82) is 0 Å². The van der Waals surface area contributed by atoms with Gasteiger partial charge in [0, 0.05) is 6.07 Å². The second kappa shape index (κ2) is 6.29. The summed E-state index contributed by atoms with van der Waals surface area (Å²) in [5.41, 5.74) is -0.408. The summed E-state index contributed by atoms with van der Waals surface area (Å²) in [6.07, 6.45) is -2.62. The van der Waals surface area contributed by atoms with Crippen LogP contribution in [0.25, 0.3) is 22.2 Å². The predicted molar refractivity (Wildman–Crippen MR) is 93.0 cm³/mol. The van der Waals surface area contributed by atoms with Gasteiger partial charge in [-0.2, -0.15) is 17.9 Å². The number of ether oxygens (including phenoxy) is 1. The van der Waals surface area contributed by atoms with Gasteiger partial charge in [0.2, 0.25) is 0 Å². The second-order valence-corrected chi connectivity index (χ2v) is 7.07. The van der Waals surface area contributed by atoms with Gasteiger partial charge in [0.15, 0.2) is 12.4 Å². The number of aromatic nitrogens is 2. The highest BCUT2D eigenvalue weighted by atomic mass is 19.4. The lowest BCUT2D eigenvalue weighted by Crippen LogP contribution is -2.28. The first-order valence-electron chi connectivity index (χ1n) is 8.11. The second-order valence-electron chi connectivity index (χ2n) is 7.07. The van der Waals surface area contributed by atoms with E-state index in [0.717, 1.165) is 12.1 Å². The van der Waals surface area contributed by atoms with E-state index in [0.29, 0.717) is 26.9 Å². The van der Waals surface area contributed by atoms with Gasteiger partial charge in [-0.05, 0) is 44.5 Å². The van der Waals surface area contributed by atoms with Crippen LogP contribution in [0, 0.1) is 5.21 Å². The maximum Gasteiger partial charge on any atom is 0.419 e. The van der Waals surface area contributed by atoms with E-state index in [9.17, 15) is 23.2 Å². The monoisotopic (exact) mass is 378 g/mol. The van der Waals surface area contributed by atoms with Crippen LogP contribution in [0.3, 0.4) is 0 Å². The number of hydrogen-bond donors (Lipinski definition) is 0. The van der Waals surface area contributed by atoms with E-state index in [-0.39, 0.29) is 0 Å². The van der Waals surface area contributed by atoms with Crippen molar-refractivity contribution in [3.8, 4) is 11.3 Å². The molecule has 8 heteroatoms. The van der Waals surface area contributed by atoms with Crippen LogP contribution in [0.2, 0.25) is 0 Å². The number of nitrogens with zero attached hydrogens (tertiary/aromatic N) is 2. The third-order valence-electron chi connectivity index (χ3n) is 3.80. The first-order valence-corrected chi connectivity index (χ1v) is 8.11. The van der Waals surface area contributed by atoms with E-state index >= 15 is 0 Å². The van der Waals surface area contributed by atoms with Gasteiger partial charge in [0.05, 0.1) is 22.2 Å². The molecular weight excluding hydrogens is 361 g/mol. The van der Waals surface area contributed by atoms with Crippen molar-refractivity contribution in [3.05, 3.63) is 59.6 Å². The molecule has 5 nitrogen and oxygen atoms in total. The van der Waals surface area contributed by atoms with Crippen molar-refractivity contribution < 1.29 is 27.4 Å². The van der Waals surface area contributed by atoms with Crippen molar-refractivity contribution in [2.24, 2.45) is 0 Å². The third-order valence-corrected chi connectivity index (χ3v) is 3.80. The average Bonchev–Trinajstić information content (AvgIpc) is 2.91. The zero-order chi connectivity index (χ0) is 20.0. The molecule has 0 spiro atoms. The van der Waals surface area contributed by atoms with Crippen molar-refractivity contribution in [2.75, 3.05) is 0 Å². The molecule has 0 saturated heterocycles. The summed E-state index contributed by atoms with van der Waals surface area (Å²) in [5.74, 6) is 0. The van der Waals surface area contributed by atoms with E-state index in [2.05, 4.69) is 0 Å². The molecule has 3 rings (SSSR count). The summed E-state index contributed by atoms with van der Waals surface area (Å²) in [6, 6.07) is 7.48. The number of carbonyl (C=O) groups is 1. The Kier molecular flexibility index (Phi) is 4.37. The van der Waals surface area contributed by atoms with Crippen molar-refractivity contribution in [1.82, 2.24) is 4.57 Å². The predicted octanol–water partition coefficient (Wildman–Crippen LogP) is 4.74. The molecule has 0 aliphatic carbocycles. The lowest BCUT2D eigenvalue weighted by molar-refractivity contribution is -0.603. The summed E-state index contributed by atoms with van der Waals surface area (Å²) >= 11 is 0. The van der Waals surface area contributed by atoms with Crippen LogP contribution in [0.4, 0.5) is 18.0 Å². The summed E-state index contributed by atoms with van der Waals surface area (Å²) in [7, 11) is 0. The van der Waals surface area contributed by atoms with Gasteiger partial charge in [-0.25, -0.2) is 9.36 Å². The van der Waals surface area contributed by atoms with Crippen molar-refractivity contribution in [2.45, 2.75) is 32.5 Å². The first-order chi connectivity index (χ1) is 12.5. The Balaban J connectivity index is 2.17. The summed E-state index contributed by atoms with van der Waals surface area (Å²) in [6.45, 7) is 5.12. The Morgan fingerprint density at radius 2 is 1.74 bits per heavy atom. The Bertz CT molecular complexity index is 1000. The molecule has 0 bridgehead atoms. The Morgan fingerprint density at radius 1 is 1.11 bits per heavy atom. The minimum Gasteiger partial charge on any atom is -0.619 e. The quantitative estimate of drug-likeness (QED) is 0.454. The number of alkyl halides is 3. The van der Waals surface area contributed by atoms with Crippen molar-refractivity contribution >= 4 is 17.0 Å². The van der Waals surface area contributed by atoms with Crippen LogP contribution >= 0.6 is 0 Å². The number of benzene rings is 1. The summed E-state index contributed by atoms with van der Waals surface area (Å²) in [5, 5.41) is 12.0. The smallest absolute Gasteiger partial charge is 0.419 e. The minimum absolute atomic E-state index is 0.333. The molecule has 0 radical (unpaired) electrons. The van der Waals surface area contributed by atoms with Gasteiger partial charge in [-0.1, -0.05) is 12.1 Å². The normalized spacial score (nSPS) is 12.4. The zero-order valence-electron chi connectivity index (χ0n) is 14.9. The molecule has 0 atom stereocenters. The largest absolute Gasteiger partial charge is 0.619 e. The van der Waals surface area contributed by atoms with Crippen molar-refractivity contribution in [3.63, 3.8) is 0 Å². The standard InChI is InChI=1S/C19H17F3N2O3/c1-18(2,3)27-17(25)24-15-8-9-23(26)11-13(15)10-16(24)12-4-6-14(7-5-12)19(20,21)22/h4-11H,1-3H3. The molecule has 0 saturated carbocycles. The number of hydrogen-bond acceptors (Lipinski definition) is 3. The summed E-state index contributed by atoms with van der Waals surface area (Å²) in [4.78, 5) is 12.7. The van der Waals surface area contributed by atoms with E-state index in [1.165, 1.54) is 35.2 Å². The molecule has 0 N–H and O–H groups in total. The summed E-state index contributed by atoms with van der Waals surface area (Å²) < 4.78 is 45.7. The fourth-order valence-electron chi connectivity index (χ4n) is 2.69. The number of halogens is 3. The number of fused-ring (bicyclic) bond motifs is 1. The first kappa shape index (κ1) is 18.8. The maximum atomic E-state index is 12.8. The molecule has 0 aliphatic heterocycles. The SMILES string of the molecule is CC(C)(C)OC(=O)n1c(-c2ccc(C(F)(F)F)cc2)cc2c[n+]([O-])ccc21. The van der Waals surface area contributed by atoms with Crippen LogP contribution in [0.15, 0.2) is 48.8 Å². The van der Waals surface area contributed by atoms with Crippen LogP contribution in [0.5, 0.6) is 0 Å². The topological polar surface area (TPSA) is 58.2 Å². The molecule has 2 aromatic heterocycles. The third kappa shape index (κ3) is 3.89. The van der Waals surface area contributed by atoms with Gasteiger partial charge >= 0.3 is 12.3 Å². The number of rotatable bonds is 1. The molecule has 27 heavy (non-hydrogen) atoms. The van der Waals surface area contributed by atoms with Gasteiger partial charge < -0.3 is 9.94 Å². The molecule has 2 heterocycles. The lowest BCUT2D eigenvalue weighted by Gasteiger charge is -2.21. The Hall–Kier alpha value is -3.03. The fraction of sp³-hybridized carbons (Fsp3) is 0.263. The molecule has 0 fully saturated rings. The number of carbonyl (C=O) groups excluding carboxylic acids is 1. The van der Waals surface area contributed by atoms with Crippen LogP contribution in [-0.4, -0.2) is 16.3 Å². The van der Waals surface area contributed by atoms with E-state index in [1.54, 1.807) is 26.8 Å². The highest BCUT2D eigenvalue weighted by Gasteiger charge is 2.30. The van der Waals surface area contributed by atoms with Crippen LogP contribution < -0.4 is 4.73 Å². The molecule has 0 unspecified atom stereocenters. The van der Waals surface area contributed by atoms with Gasteiger partial charge in [0.1, 0.15) is 5.60 Å². The Morgan fingerprint density at radius 3 is 2.30 bits per heavy atom. The molecular formula is C19H17F3N2O3. The Labute approximate surface area is 153 Å². The van der Waals surface area contributed by atoms with E-state index in [1.807, 2.05) is 0 Å². The van der Waals surface area contributed by atoms with E-state index in [4.69, 9.17) is 4.74 Å². The minimum atomic E-state index is -4.45. The number of pyridine rings is 1. The van der Waals surface area contributed by atoms with Gasteiger partial charge in [0.25, 0.3) is 0 Å². The fourth-order valence-corrected chi connectivity index (χ4v) is 2.69. The van der Waals surface area contributed by atoms with Gasteiger partial charge in [-0.15, -0.1) is 0 Å². The molecule has 142 valence electrons. The van der Waals surface area contributed by atoms with Crippen LogP contribution in [0.1, 0.15) is 26.3 Å². The molecule has 3 aromatic rings. The zero-order valence-corrected chi connectivity index (χ0v) is 14.9. The highest BCUT2D eigenvalue weighted by Crippen LogP contribution is 2.33. The van der Waals surface area contributed by atoms with Crippen LogP contribution in [-0.2, 0) is 10.9 Å². The molecule has 0 amide bonds.